The van der Waals surface area contributed by atoms with Crippen LogP contribution in [0.3, 0.4) is 0 Å². The van der Waals surface area contributed by atoms with Gasteiger partial charge in [-0.3, -0.25) is 9.59 Å². The zero-order valence-corrected chi connectivity index (χ0v) is 17.8. The highest BCUT2D eigenvalue weighted by atomic mass is 19.1. The van der Waals surface area contributed by atoms with Crippen LogP contribution in [0.1, 0.15) is 90.9 Å². The quantitative estimate of drug-likeness (QED) is 0.715. The fraction of sp³-hybridized carbons (Fsp3) is 0.542. The highest BCUT2D eigenvalue weighted by Crippen LogP contribution is 2.26. The van der Waals surface area contributed by atoms with Gasteiger partial charge >= 0.3 is 0 Å². The van der Waals surface area contributed by atoms with Crippen molar-refractivity contribution in [2.75, 3.05) is 0 Å². The summed E-state index contributed by atoms with van der Waals surface area (Å²) < 4.78 is 19.9. The summed E-state index contributed by atoms with van der Waals surface area (Å²) in [7, 11) is 0. The number of aromatic nitrogens is 1. The van der Waals surface area contributed by atoms with E-state index in [1.807, 2.05) is 0 Å². The average molecular weight is 428 g/mol. The van der Waals surface area contributed by atoms with Crippen molar-refractivity contribution >= 4 is 11.8 Å². The molecule has 2 saturated carbocycles. The molecule has 0 spiro atoms. The molecule has 2 amide bonds. The number of benzene rings is 1. The Kier molecular flexibility index (Phi) is 6.99. The summed E-state index contributed by atoms with van der Waals surface area (Å²) >= 11 is 0. The second-order valence-electron chi connectivity index (χ2n) is 8.64. The lowest BCUT2D eigenvalue weighted by Gasteiger charge is -2.33. The van der Waals surface area contributed by atoms with Crippen molar-refractivity contribution in [1.29, 1.82) is 0 Å². The van der Waals surface area contributed by atoms with Crippen LogP contribution in [0.25, 0.3) is 0 Å². The van der Waals surface area contributed by atoms with Crippen molar-refractivity contribution in [2.45, 2.75) is 82.8 Å². The van der Waals surface area contributed by atoms with Crippen molar-refractivity contribution < 1.29 is 18.4 Å². The van der Waals surface area contributed by atoms with Crippen LogP contribution in [-0.2, 0) is 6.54 Å². The maximum atomic E-state index is 14.3. The Hall–Kier alpha value is -2.70. The summed E-state index contributed by atoms with van der Waals surface area (Å²) in [5, 5.41) is 3.03. The van der Waals surface area contributed by atoms with Gasteiger partial charge in [0.15, 0.2) is 5.69 Å². The van der Waals surface area contributed by atoms with E-state index in [0.717, 1.165) is 57.8 Å². The first-order chi connectivity index (χ1) is 15.1. The first-order valence-electron chi connectivity index (χ1n) is 11.4. The number of halogens is 1. The van der Waals surface area contributed by atoms with Gasteiger partial charge < -0.3 is 14.6 Å². The zero-order chi connectivity index (χ0) is 21.6. The number of hydrogen-bond acceptors (Lipinski definition) is 4. The molecule has 0 aliphatic heterocycles. The molecule has 7 heteroatoms. The summed E-state index contributed by atoms with van der Waals surface area (Å²) in [5.74, 6) is -0.847. The van der Waals surface area contributed by atoms with Crippen LogP contribution < -0.4 is 5.32 Å². The van der Waals surface area contributed by atoms with E-state index in [1.54, 1.807) is 17.0 Å². The molecule has 166 valence electrons. The van der Waals surface area contributed by atoms with Gasteiger partial charge in [0.05, 0.1) is 12.1 Å². The largest absolute Gasteiger partial charge is 0.446 e. The molecule has 1 N–H and O–H groups in total. The number of nitrogens with zero attached hydrogens (tertiary/aromatic N) is 2. The molecule has 2 aromatic rings. The molecule has 0 atom stereocenters. The van der Waals surface area contributed by atoms with E-state index < -0.39 is 5.82 Å². The van der Waals surface area contributed by atoms with E-state index in [4.69, 9.17) is 4.42 Å². The minimum Gasteiger partial charge on any atom is -0.446 e. The number of carbonyl (C=O) groups excluding carboxylic acids is 2. The van der Waals surface area contributed by atoms with Crippen LogP contribution in [0.2, 0.25) is 0 Å². The molecule has 0 radical (unpaired) electrons. The molecule has 0 unspecified atom stereocenters. The third-order valence-corrected chi connectivity index (χ3v) is 6.41. The lowest BCUT2D eigenvalue weighted by molar-refractivity contribution is 0.0587. The topological polar surface area (TPSA) is 75.4 Å². The van der Waals surface area contributed by atoms with E-state index in [-0.39, 0.29) is 41.7 Å². The van der Waals surface area contributed by atoms with Crippen molar-refractivity contribution in [3.63, 3.8) is 0 Å². The molecule has 0 saturated heterocycles. The summed E-state index contributed by atoms with van der Waals surface area (Å²) in [5.41, 5.74) is 0.275. The molecule has 2 aliphatic rings. The Morgan fingerprint density at radius 3 is 2.42 bits per heavy atom. The number of carbonyl (C=O) groups is 2. The van der Waals surface area contributed by atoms with Crippen LogP contribution in [0.15, 0.2) is 34.9 Å². The van der Waals surface area contributed by atoms with E-state index in [0.29, 0.717) is 5.89 Å². The van der Waals surface area contributed by atoms with E-state index in [2.05, 4.69) is 10.3 Å². The number of hydrogen-bond donors (Lipinski definition) is 1. The second-order valence-corrected chi connectivity index (χ2v) is 8.64. The molecule has 4 rings (SSSR count). The number of oxazole rings is 1. The van der Waals surface area contributed by atoms with Gasteiger partial charge in [-0.05, 0) is 37.8 Å². The van der Waals surface area contributed by atoms with E-state index >= 15 is 0 Å². The Labute approximate surface area is 182 Å². The Morgan fingerprint density at radius 1 is 1.03 bits per heavy atom. The van der Waals surface area contributed by atoms with Gasteiger partial charge in [-0.25, -0.2) is 9.37 Å². The maximum Gasteiger partial charge on any atom is 0.273 e. The molecule has 31 heavy (non-hydrogen) atoms. The van der Waals surface area contributed by atoms with Crippen molar-refractivity contribution in [2.24, 2.45) is 0 Å². The number of amides is 2. The van der Waals surface area contributed by atoms with Gasteiger partial charge in [0, 0.05) is 12.1 Å². The molecule has 1 aromatic heterocycles. The van der Waals surface area contributed by atoms with Gasteiger partial charge in [-0.1, -0.05) is 50.7 Å². The molecule has 2 aliphatic carbocycles. The summed E-state index contributed by atoms with van der Waals surface area (Å²) in [6.45, 7) is 0.120. The lowest BCUT2D eigenvalue weighted by atomic mass is 9.93. The van der Waals surface area contributed by atoms with Crippen molar-refractivity contribution in [3.8, 4) is 0 Å². The SMILES string of the molecule is O=C(NC1CCCCC1)c1coc(CN(C(=O)c2ccccc2F)C2CCCCC2)n1. The van der Waals surface area contributed by atoms with Gasteiger partial charge in [-0.15, -0.1) is 0 Å². The molecule has 2 fully saturated rings. The fourth-order valence-corrected chi connectivity index (χ4v) is 4.69. The summed E-state index contributed by atoms with van der Waals surface area (Å²) in [4.78, 5) is 31.8. The Balaban J connectivity index is 1.48. The van der Waals surface area contributed by atoms with Crippen LogP contribution in [0.5, 0.6) is 0 Å². The average Bonchev–Trinajstić information content (AvgIpc) is 3.28. The smallest absolute Gasteiger partial charge is 0.273 e. The van der Waals surface area contributed by atoms with Gasteiger partial charge in [0.1, 0.15) is 12.1 Å². The summed E-state index contributed by atoms with van der Waals surface area (Å²) in [6, 6.07) is 6.23. The van der Waals surface area contributed by atoms with Crippen LogP contribution in [0, 0.1) is 5.82 Å². The Bertz CT molecular complexity index is 901. The van der Waals surface area contributed by atoms with Crippen molar-refractivity contribution in [1.82, 2.24) is 15.2 Å². The molecule has 1 heterocycles. The summed E-state index contributed by atoms with van der Waals surface area (Å²) in [6.07, 6.45) is 11.8. The van der Waals surface area contributed by atoms with Crippen LogP contribution >= 0.6 is 0 Å². The fourth-order valence-electron chi connectivity index (χ4n) is 4.69. The molecular weight excluding hydrogens is 397 g/mol. The van der Waals surface area contributed by atoms with Gasteiger partial charge in [0.2, 0.25) is 5.89 Å². The van der Waals surface area contributed by atoms with Crippen LogP contribution in [0.4, 0.5) is 4.39 Å². The third-order valence-electron chi connectivity index (χ3n) is 6.41. The molecular formula is C24H30FN3O3. The first kappa shape index (κ1) is 21.5. The highest BCUT2D eigenvalue weighted by Gasteiger charge is 2.29. The maximum absolute atomic E-state index is 14.3. The van der Waals surface area contributed by atoms with Gasteiger partial charge in [-0.2, -0.15) is 0 Å². The molecule has 0 bridgehead atoms. The minimum absolute atomic E-state index is 0.00673. The molecule has 1 aromatic carbocycles. The third kappa shape index (κ3) is 5.32. The lowest BCUT2D eigenvalue weighted by Crippen LogP contribution is -2.41. The number of nitrogens with one attached hydrogen (secondary N) is 1. The standard InChI is InChI=1S/C24H30FN3O3/c25-20-14-8-7-13-19(20)24(30)28(18-11-5-2-6-12-18)15-22-27-21(16-31-22)23(29)26-17-9-3-1-4-10-17/h7-8,13-14,16-18H,1-6,9-12,15H2,(H,26,29). The number of rotatable bonds is 6. The Morgan fingerprint density at radius 2 is 1.71 bits per heavy atom. The second kappa shape index (κ2) is 10.1. The van der Waals surface area contributed by atoms with Gasteiger partial charge in [0.25, 0.3) is 11.8 Å². The van der Waals surface area contributed by atoms with E-state index in [1.165, 1.54) is 24.8 Å². The zero-order valence-electron chi connectivity index (χ0n) is 17.8. The van der Waals surface area contributed by atoms with E-state index in [9.17, 15) is 14.0 Å². The van der Waals surface area contributed by atoms with Crippen LogP contribution in [-0.4, -0.2) is 33.8 Å². The minimum atomic E-state index is -0.534. The molecule has 6 nitrogen and oxygen atoms in total. The monoisotopic (exact) mass is 427 g/mol. The predicted octanol–water partition coefficient (Wildman–Crippen LogP) is 4.85. The normalized spacial score (nSPS) is 18.0. The first-order valence-corrected chi connectivity index (χ1v) is 11.4. The predicted molar refractivity (Wildman–Crippen MR) is 114 cm³/mol. The van der Waals surface area contributed by atoms with Crippen molar-refractivity contribution in [3.05, 3.63) is 53.5 Å². The highest BCUT2D eigenvalue weighted by molar-refractivity contribution is 5.94.